The van der Waals surface area contributed by atoms with E-state index in [9.17, 15) is 0 Å². The van der Waals surface area contributed by atoms with Gasteiger partial charge in [-0.25, -0.2) is 0 Å². The standard InChI is InChI=1S/C26H23N2OP/c1-21(27-29)22-17-19-23(20-18-22)28-30(24-11-5-2-6-12-24,25-13-7-3-8-14-25)26-15-9-4-10-16-26/h2-20,29H,1H3/b27-21+. The fourth-order valence-electron chi connectivity index (χ4n) is 3.55. The van der Waals surface area contributed by atoms with Crippen LogP contribution in [0.15, 0.2) is 125 Å². The van der Waals surface area contributed by atoms with E-state index in [-0.39, 0.29) is 0 Å². The Bertz CT molecular complexity index is 1080. The van der Waals surface area contributed by atoms with Crippen molar-refractivity contribution in [2.75, 3.05) is 0 Å². The molecule has 4 aromatic rings. The van der Waals surface area contributed by atoms with Gasteiger partial charge in [0.25, 0.3) is 0 Å². The Labute approximate surface area is 177 Å². The molecule has 0 saturated carbocycles. The molecule has 0 fully saturated rings. The van der Waals surface area contributed by atoms with Gasteiger partial charge in [-0.15, -0.1) is 0 Å². The maximum atomic E-state index is 9.06. The molecule has 148 valence electrons. The molecule has 0 heterocycles. The van der Waals surface area contributed by atoms with Crippen LogP contribution in [-0.2, 0) is 0 Å². The van der Waals surface area contributed by atoms with E-state index in [1.165, 1.54) is 15.9 Å². The lowest BCUT2D eigenvalue weighted by atomic mass is 10.1. The fourth-order valence-corrected chi connectivity index (χ4v) is 7.08. The van der Waals surface area contributed by atoms with Crippen molar-refractivity contribution < 1.29 is 5.21 Å². The molecule has 30 heavy (non-hydrogen) atoms. The first-order valence-corrected chi connectivity index (χ1v) is 11.6. The SMILES string of the molecule is C/C(=N\O)c1ccc(N=P(c2ccccc2)(c2ccccc2)c2ccccc2)cc1. The zero-order chi connectivity index (χ0) is 20.8. The number of benzene rings is 4. The second-order valence-corrected chi connectivity index (χ2v) is 9.99. The zero-order valence-corrected chi connectivity index (χ0v) is 17.7. The summed E-state index contributed by atoms with van der Waals surface area (Å²) in [5.74, 6) is 0. The van der Waals surface area contributed by atoms with Gasteiger partial charge in [0.2, 0.25) is 0 Å². The largest absolute Gasteiger partial charge is 0.411 e. The highest BCUT2D eigenvalue weighted by Crippen LogP contribution is 2.49. The highest BCUT2D eigenvalue weighted by molar-refractivity contribution is 7.87. The Kier molecular flexibility index (Phi) is 5.92. The van der Waals surface area contributed by atoms with Gasteiger partial charge in [0.1, 0.15) is 0 Å². The van der Waals surface area contributed by atoms with Crippen LogP contribution in [0.5, 0.6) is 0 Å². The van der Waals surface area contributed by atoms with Crippen molar-refractivity contribution >= 4 is 34.4 Å². The third kappa shape index (κ3) is 3.85. The molecule has 0 bridgehead atoms. The highest BCUT2D eigenvalue weighted by atomic mass is 31.2. The van der Waals surface area contributed by atoms with Crippen molar-refractivity contribution in [3.05, 3.63) is 121 Å². The van der Waals surface area contributed by atoms with Gasteiger partial charge in [0, 0.05) is 15.9 Å². The van der Waals surface area contributed by atoms with Crippen LogP contribution in [-0.4, -0.2) is 10.9 Å². The van der Waals surface area contributed by atoms with E-state index in [0.717, 1.165) is 11.3 Å². The molecule has 4 heteroatoms. The maximum Gasteiger partial charge on any atom is 0.0836 e. The summed E-state index contributed by atoms with van der Waals surface area (Å²) in [5.41, 5.74) is 2.35. The van der Waals surface area contributed by atoms with Crippen molar-refractivity contribution in [3.8, 4) is 0 Å². The Morgan fingerprint density at radius 3 is 1.37 bits per heavy atom. The van der Waals surface area contributed by atoms with E-state index in [2.05, 4.69) is 78.0 Å². The second kappa shape index (κ2) is 8.94. The van der Waals surface area contributed by atoms with Gasteiger partial charge in [-0.3, -0.25) is 4.74 Å². The summed E-state index contributed by atoms with van der Waals surface area (Å²) in [6.07, 6.45) is 0. The van der Waals surface area contributed by atoms with E-state index in [1.807, 2.05) is 42.5 Å². The van der Waals surface area contributed by atoms with Crippen molar-refractivity contribution in [2.45, 2.75) is 6.92 Å². The van der Waals surface area contributed by atoms with Crippen LogP contribution >= 0.6 is 7.05 Å². The molecule has 3 nitrogen and oxygen atoms in total. The topological polar surface area (TPSA) is 45.0 Å². The third-order valence-electron chi connectivity index (χ3n) is 5.09. The summed E-state index contributed by atoms with van der Waals surface area (Å²) in [4.78, 5) is 0. The number of hydrogen-bond acceptors (Lipinski definition) is 3. The van der Waals surface area contributed by atoms with Gasteiger partial charge < -0.3 is 5.21 Å². The smallest absolute Gasteiger partial charge is 0.0836 e. The molecule has 0 atom stereocenters. The summed E-state index contributed by atoms with van der Waals surface area (Å²) >= 11 is 0. The Balaban J connectivity index is 2.04. The molecular weight excluding hydrogens is 387 g/mol. The Morgan fingerprint density at radius 1 is 0.600 bits per heavy atom. The highest BCUT2D eigenvalue weighted by Gasteiger charge is 2.27. The van der Waals surface area contributed by atoms with Crippen LogP contribution in [0.1, 0.15) is 12.5 Å². The molecule has 4 aromatic carbocycles. The summed E-state index contributed by atoms with van der Waals surface area (Å²) in [6.45, 7) is 1.78. The summed E-state index contributed by atoms with van der Waals surface area (Å²) in [5, 5.41) is 16.0. The molecule has 0 saturated heterocycles. The molecule has 0 aliphatic rings. The van der Waals surface area contributed by atoms with Crippen molar-refractivity contribution in [1.82, 2.24) is 0 Å². The zero-order valence-electron chi connectivity index (χ0n) is 16.8. The lowest BCUT2D eigenvalue weighted by molar-refractivity contribution is 0.319. The van der Waals surface area contributed by atoms with E-state index in [1.54, 1.807) is 6.92 Å². The normalized spacial score (nSPS) is 11.8. The molecule has 0 spiro atoms. The van der Waals surface area contributed by atoms with Crippen LogP contribution < -0.4 is 15.9 Å². The first-order valence-electron chi connectivity index (χ1n) is 9.82. The lowest BCUT2D eigenvalue weighted by Crippen LogP contribution is -2.25. The molecular formula is C26H23N2OP. The molecule has 0 radical (unpaired) electrons. The van der Waals surface area contributed by atoms with Crippen molar-refractivity contribution in [1.29, 1.82) is 0 Å². The van der Waals surface area contributed by atoms with Crippen molar-refractivity contribution in [2.24, 2.45) is 9.90 Å². The van der Waals surface area contributed by atoms with E-state index >= 15 is 0 Å². The number of hydrogen-bond donors (Lipinski definition) is 1. The van der Waals surface area contributed by atoms with Gasteiger partial charge >= 0.3 is 0 Å². The summed E-state index contributed by atoms with van der Waals surface area (Å²) < 4.78 is 5.44. The number of nitrogens with zero attached hydrogens (tertiary/aromatic N) is 2. The summed E-state index contributed by atoms with van der Waals surface area (Å²) in [6, 6.07) is 39.5. The minimum absolute atomic E-state index is 0.580. The predicted octanol–water partition coefficient (Wildman–Crippen LogP) is 5.69. The van der Waals surface area contributed by atoms with Crippen LogP contribution in [0.25, 0.3) is 0 Å². The average molecular weight is 410 g/mol. The molecule has 1 N–H and O–H groups in total. The monoisotopic (exact) mass is 410 g/mol. The van der Waals surface area contributed by atoms with E-state index in [0.29, 0.717) is 5.71 Å². The fraction of sp³-hybridized carbons (Fsp3) is 0.0385. The molecule has 0 aliphatic carbocycles. The van der Waals surface area contributed by atoms with Crippen LogP contribution in [0, 0.1) is 0 Å². The third-order valence-corrected chi connectivity index (χ3v) is 8.76. The first-order chi connectivity index (χ1) is 14.7. The van der Waals surface area contributed by atoms with Crippen LogP contribution in [0.2, 0.25) is 0 Å². The first kappa shape index (κ1) is 19.9. The number of rotatable bonds is 5. The maximum absolute atomic E-state index is 9.06. The van der Waals surface area contributed by atoms with Gasteiger partial charge in [-0.2, -0.15) is 0 Å². The quantitative estimate of drug-likeness (QED) is 0.195. The molecule has 0 unspecified atom stereocenters. The van der Waals surface area contributed by atoms with Gasteiger partial charge in [0.15, 0.2) is 0 Å². The lowest BCUT2D eigenvalue weighted by Gasteiger charge is -2.27. The van der Waals surface area contributed by atoms with Crippen LogP contribution in [0.3, 0.4) is 0 Å². The van der Waals surface area contributed by atoms with Gasteiger partial charge in [-0.05, 0) is 24.6 Å². The Morgan fingerprint density at radius 2 is 1.00 bits per heavy atom. The minimum Gasteiger partial charge on any atom is -0.411 e. The minimum atomic E-state index is -2.28. The second-order valence-electron chi connectivity index (χ2n) is 6.97. The molecule has 0 aliphatic heterocycles. The van der Waals surface area contributed by atoms with Crippen LogP contribution in [0.4, 0.5) is 5.69 Å². The van der Waals surface area contributed by atoms with Gasteiger partial charge in [-0.1, -0.05) is 108 Å². The molecule has 0 amide bonds. The van der Waals surface area contributed by atoms with Crippen molar-refractivity contribution in [3.63, 3.8) is 0 Å². The van der Waals surface area contributed by atoms with E-state index in [4.69, 9.17) is 9.95 Å². The molecule has 4 rings (SSSR count). The van der Waals surface area contributed by atoms with E-state index < -0.39 is 7.05 Å². The predicted molar refractivity (Wildman–Crippen MR) is 128 cm³/mol. The average Bonchev–Trinajstić information content (AvgIpc) is 2.84. The van der Waals surface area contributed by atoms with Gasteiger partial charge in [0.05, 0.1) is 18.5 Å². The summed E-state index contributed by atoms with van der Waals surface area (Å²) in [7, 11) is -2.28. The Hall–Kier alpha value is -3.42. The number of oxime groups is 1. The molecule has 0 aromatic heterocycles.